The number of nitrogens with zero attached hydrogens (tertiary/aromatic N) is 1. The third-order valence-corrected chi connectivity index (χ3v) is 7.02. The number of carbonyl (C=O) groups is 3. The summed E-state index contributed by atoms with van der Waals surface area (Å²) in [6, 6.07) is 11.8. The zero-order valence-electron chi connectivity index (χ0n) is 22.2. The van der Waals surface area contributed by atoms with Gasteiger partial charge in [-0.3, -0.25) is 14.4 Å². The summed E-state index contributed by atoms with van der Waals surface area (Å²) in [5, 5.41) is 4.96. The van der Waals surface area contributed by atoms with Crippen LogP contribution < -0.4 is 10.6 Å². The standard InChI is InChI=1S/C29H29F4N3O5/c1-40-24(38)16-17-2-4-18(5-3-17)19-8-12-22(13-9-19)35-23(37)14-15-34-27(39)25-26(29(31,32)33)41-28(36-25)20-6-10-21(30)11-7-20/h6-13,17-18H,2-5,14-16H2,1H3,(H,34,39)(H,35,37). The Labute approximate surface area is 233 Å². The van der Waals surface area contributed by atoms with Crippen LogP contribution in [0.25, 0.3) is 11.5 Å². The maximum Gasteiger partial charge on any atom is 0.452 e. The molecule has 1 fully saturated rings. The van der Waals surface area contributed by atoms with Crippen molar-refractivity contribution in [1.82, 2.24) is 10.3 Å². The molecule has 4 rings (SSSR count). The second-order valence-corrected chi connectivity index (χ2v) is 9.88. The van der Waals surface area contributed by atoms with Gasteiger partial charge in [0.1, 0.15) is 5.82 Å². The lowest BCUT2D eigenvalue weighted by Crippen LogP contribution is -2.29. The Balaban J connectivity index is 1.27. The number of esters is 1. The van der Waals surface area contributed by atoms with Crippen molar-refractivity contribution in [1.29, 1.82) is 0 Å². The number of hydrogen-bond acceptors (Lipinski definition) is 6. The number of anilines is 1. The Hall–Kier alpha value is -4.22. The minimum absolute atomic E-state index is 0.0626. The van der Waals surface area contributed by atoms with E-state index >= 15 is 0 Å². The molecule has 0 spiro atoms. The van der Waals surface area contributed by atoms with Gasteiger partial charge in [0, 0.05) is 30.6 Å². The van der Waals surface area contributed by atoms with Gasteiger partial charge in [0.25, 0.3) is 5.91 Å². The van der Waals surface area contributed by atoms with E-state index in [1.807, 2.05) is 12.1 Å². The average molecular weight is 576 g/mol. The summed E-state index contributed by atoms with van der Waals surface area (Å²) in [4.78, 5) is 40.0. The SMILES string of the molecule is COC(=O)CC1CCC(c2ccc(NC(=O)CCNC(=O)c3nc(-c4ccc(F)cc4)oc3C(F)(F)F)cc2)CC1. The molecule has 1 saturated carbocycles. The number of oxazole rings is 1. The number of carbonyl (C=O) groups excluding carboxylic acids is 3. The zero-order valence-corrected chi connectivity index (χ0v) is 22.2. The van der Waals surface area contributed by atoms with Gasteiger partial charge >= 0.3 is 12.1 Å². The van der Waals surface area contributed by atoms with Gasteiger partial charge in [-0.2, -0.15) is 13.2 Å². The second-order valence-electron chi connectivity index (χ2n) is 9.88. The summed E-state index contributed by atoms with van der Waals surface area (Å²) >= 11 is 0. The smallest absolute Gasteiger partial charge is 0.452 e. The van der Waals surface area contributed by atoms with E-state index in [0.717, 1.165) is 43.4 Å². The van der Waals surface area contributed by atoms with Crippen LogP contribution in [0.4, 0.5) is 23.2 Å². The topological polar surface area (TPSA) is 111 Å². The van der Waals surface area contributed by atoms with Crippen LogP contribution in [0.1, 0.15) is 66.3 Å². The molecule has 1 aromatic heterocycles. The number of benzene rings is 2. The third kappa shape index (κ3) is 7.92. The van der Waals surface area contributed by atoms with E-state index in [2.05, 4.69) is 15.6 Å². The van der Waals surface area contributed by atoms with Crippen molar-refractivity contribution >= 4 is 23.5 Å². The van der Waals surface area contributed by atoms with Gasteiger partial charge in [0.15, 0.2) is 5.69 Å². The second kappa shape index (κ2) is 13.0. The van der Waals surface area contributed by atoms with Gasteiger partial charge in [0.05, 0.1) is 7.11 Å². The molecule has 8 nitrogen and oxygen atoms in total. The number of alkyl halides is 3. The highest BCUT2D eigenvalue weighted by atomic mass is 19.4. The van der Waals surface area contributed by atoms with Crippen molar-refractivity contribution in [3.63, 3.8) is 0 Å². The predicted octanol–water partition coefficient (Wildman–Crippen LogP) is 6.10. The quantitative estimate of drug-likeness (QED) is 0.236. The number of aromatic nitrogens is 1. The van der Waals surface area contributed by atoms with Crippen molar-refractivity contribution in [3.8, 4) is 11.5 Å². The van der Waals surface area contributed by atoms with Gasteiger partial charge in [-0.1, -0.05) is 12.1 Å². The lowest BCUT2D eigenvalue weighted by atomic mass is 9.77. The maximum atomic E-state index is 13.5. The van der Waals surface area contributed by atoms with Crippen LogP contribution in [0.2, 0.25) is 0 Å². The molecule has 0 atom stereocenters. The molecule has 41 heavy (non-hydrogen) atoms. The van der Waals surface area contributed by atoms with Crippen LogP contribution >= 0.6 is 0 Å². The summed E-state index contributed by atoms with van der Waals surface area (Å²) in [6.07, 6.45) is -0.952. The van der Waals surface area contributed by atoms with E-state index in [4.69, 9.17) is 9.15 Å². The van der Waals surface area contributed by atoms with Crippen molar-refractivity contribution in [3.05, 3.63) is 71.4 Å². The average Bonchev–Trinajstić information content (AvgIpc) is 3.41. The van der Waals surface area contributed by atoms with Gasteiger partial charge in [0.2, 0.25) is 17.6 Å². The van der Waals surface area contributed by atoms with Gasteiger partial charge < -0.3 is 19.8 Å². The molecule has 3 aromatic rings. The van der Waals surface area contributed by atoms with Crippen LogP contribution in [0.3, 0.4) is 0 Å². The van der Waals surface area contributed by atoms with Crippen molar-refractivity contribution in [2.24, 2.45) is 5.92 Å². The zero-order chi connectivity index (χ0) is 29.6. The number of hydrogen-bond donors (Lipinski definition) is 2. The van der Waals surface area contributed by atoms with Crippen molar-refractivity contribution < 1.29 is 41.1 Å². The summed E-state index contributed by atoms with van der Waals surface area (Å²) < 4.78 is 63.1. The van der Waals surface area contributed by atoms with E-state index in [1.54, 1.807) is 12.1 Å². The Morgan fingerprint density at radius 1 is 1.00 bits per heavy atom. The Bertz CT molecular complexity index is 1360. The largest absolute Gasteiger partial charge is 0.469 e. The van der Waals surface area contributed by atoms with Crippen LogP contribution in [0.15, 0.2) is 52.9 Å². The predicted molar refractivity (Wildman–Crippen MR) is 140 cm³/mol. The number of amides is 2. The number of methoxy groups -OCH3 is 1. The van der Waals surface area contributed by atoms with Gasteiger partial charge in [-0.15, -0.1) is 0 Å². The maximum absolute atomic E-state index is 13.5. The molecule has 2 aromatic carbocycles. The van der Waals surface area contributed by atoms with E-state index in [-0.39, 0.29) is 24.5 Å². The van der Waals surface area contributed by atoms with Crippen LogP contribution in [-0.2, 0) is 20.5 Å². The minimum Gasteiger partial charge on any atom is -0.469 e. The van der Waals surface area contributed by atoms with Crippen LogP contribution in [0, 0.1) is 11.7 Å². The summed E-state index contributed by atoms with van der Waals surface area (Å²) in [7, 11) is 1.39. The molecule has 12 heteroatoms. The summed E-state index contributed by atoms with van der Waals surface area (Å²) in [5.41, 5.74) is 0.767. The Morgan fingerprint density at radius 3 is 2.27 bits per heavy atom. The summed E-state index contributed by atoms with van der Waals surface area (Å²) in [6.45, 7) is -0.242. The lowest BCUT2D eigenvalue weighted by molar-refractivity contribution is -0.153. The van der Waals surface area contributed by atoms with E-state index in [9.17, 15) is 31.9 Å². The highest BCUT2D eigenvalue weighted by Gasteiger charge is 2.42. The molecule has 1 aliphatic rings. The number of nitrogens with one attached hydrogen (secondary N) is 2. The molecule has 0 unspecified atom stereocenters. The fourth-order valence-electron chi connectivity index (χ4n) is 4.84. The van der Waals surface area contributed by atoms with Crippen molar-refractivity contribution in [2.75, 3.05) is 19.0 Å². The first kappa shape index (κ1) is 29.8. The normalized spacial score (nSPS) is 17.1. The molecular formula is C29H29F4N3O5. The molecule has 0 saturated heterocycles. The van der Waals surface area contributed by atoms with Gasteiger partial charge in [-0.05, 0) is 79.5 Å². The number of rotatable bonds is 9. The first-order valence-electron chi connectivity index (χ1n) is 13.1. The third-order valence-electron chi connectivity index (χ3n) is 7.02. The first-order valence-corrected chi connectivity index (χ1v) is 13.1. The molecule has 218 valence electrons. The number of ether oxygens (including phenoxy) is 1. The fourth-order valence-corrected chi connectivity index (χ4v) is 4.84. The molecular weight excluding hydrogens is 546 g/mol. The minimum atomic E-state index is -5.00. The van der Waals surface area contributed by atoms with E-state index in [1.165, 1.54) is 19.2 Å². The molecule has 1 heterocycles. The fraction of sp³-hybridized carbons (Fsp3) is 0.379. The van der Waals surface area contributed by atoms with Gasteiger partial charge in [-0.25, -0.2) is 9.37 Å². The van der Waals surface area contributed by atoms with E-state index in [0.29, 0.717) is 23.9 Å². The highest BCUT2D eigenvalue weighted by molar-refractivity contribution is 5.95. The number of halogens is 4. The highest BCUT2D eigenvalue weighted by Crippen LogP contribution is 2.38. The molecule has 0 bridgehead atoms. The Kier molecular flexibility index (Phi) is 9.41. The molecule has 2 N–H and O–H groups in total. The monoisotopic (exact) mass is 575 g/mol. The van der Waals surface area contributed by atoms with Crippen LogP contribution in [-0.4, -0.2) is 36.4 Å². The Morgan fingerprint density at radius 2 is 1.66 bits per heavy atom. The first-order chi connectivity index (χ1) is 19.5. The van der Waals surface area contributed by atoms with Crippen molar-refractivity contribution in [2.45, 2.75) is 50.6 Å². The van der Waals surface area contributed by atoms with Crippen LogP contribution in [0.5, 0.6) is 0 Å². The summed E-state index contributed by atoms with van der Waals surface area (Å²) in [5.74, 6) is -3.76. The lowest BCUT2D eigenvalue weighted by Gasteiger charge is -2.28. The molecule has 2 amide bonds. The molecule has 0 aliphatic heterocycles. The molecule has 1 aliphatic carbocycles. The molecule has 0 radical (unpaired) electrons. The van der Waals surface area contributed by atoms with E-state index < -0.39 is 41.2 Å².